The quantitative estimate of drug-likeness (QED) is 0.367. The number of nitrogens with one attached hydrogen (secondary N) is 2. The second kappa shape index (κ2) is 9.91. The Bertz CT molecular complexity index is 1530. The molecule has 4 aromatic rings. The Hall–Kier alpha value is -2.64. The molecule has 5 heterocycles. The average molecular weight is 542 g/mol. The van der Waals surface area contributed by atoms with Gasteiger partial charge in [-0.3, -0.25) is 5.10 Å². The lowest BCUT2D eigenvalue weighted by Crippen LogP contribution is -2.46. The number of ether oxygens (including phenoxy) is 1. The van der Waals surface area contributed by atoms with E-state index in [2.05, 4.69) is 33.4 Å². The largest absolute Gasteiger partial charge is 0.378 e. The molecule has 2 atom stereocenters. The van der Waals surface area contributed by atoms with Crippen molar-refractivity contribution in [2.75, 3.05) is 44.0 Å². The number of fused-ring (bicyclic) bond motifs is 2. The summed E-state index contributed by atoms with van der Waals surface area (Å²) in [5.74, 6) is 1.62. The lowest BCUT2D eigenvalue weighted by molar-refractivity contribution is 0.122. The lowest BCUT2D eigenvalue weighted by atomic mass is 10.1. The summed E-state index contributed by atoms with van der Waals surface area (Å²) in [4.78, 5) is 13.5. The Morgan fingerprint density at radius 1 is 1.24 bits per heavy atom. The highest BCUT2D eigenvalue weighted by atomic mass is 32.2. The lowest BCUT2D eigenvalue weighted by Gasteiger charge is -2.28. The molecule has 2 aliphatic heterocycles. The smallest absolute Gasteiger partial charge is 0.211 e. The zero-order valence-electron chi connectivity index (χ0n) is 21.0. The number of benzene rings is 1. The van der Waals surface area contributed by atoms with Crippen molar-refractivity contribution in [2.24, 2.45) is 0 Å². The molecule has 2 unspecified atom stereocenters. The molecule has 0 spiro atoms. The van der Waals surface area contributed by atoms with Crippen LogP contribution in [0.25, 0.3) is 32.5 Å². The first-order valence-corrected chi connectivity index (χ1v) is 15.3. The van der Waals surface area contributed by atoms with E-state index < -0.39 is 10.0 Å². The topological polar surface area (TPSA) is 116 Å². The molecule has 2 fully saturated rings. The summed E-state index contributed by atoms with van der Waals surface area (Å²) in [6.07, 6.45) is 4.90. The molecule has 1 aromatic carbocycles. The molecule has 0 amide bonds. The molecular formula is C25H31N7O3S2. The van der Waals surface area contributed by atoms with E-state index in [1.807, 2.05) is 24.4 Å². The fraction of sp³-hybridized carbons (Fsp3) is 0.480. The van der Waals surface area contributed by atoms with E-state index >= 15 is 0 Å². The van der Waals surface area contributed by atoms with Gasteiger partial charge in [-0.1, -0.05) is 12.1 Å². The molecule has 0 radical (unpaired) electrons. The zero-order valence-corrected chi connectivity index (χ0v) is 22.6. The van der Waals surface area contributed by atoms with E-state index in [4.69, 9.17) is 14.7 Å². The van der Waals surface area contributed by atoms with Crippen molar-refractivity contribution >= 4 is 48.3 Å². The number of thiophene rings is 1. The van der Waals surface area contributed by atoms with Crippen LogP contribution in [0.4, 0.5) is 5.82 Å². The van der Waals surface area contributed by atoms with Gasteiger partial charge in [0.05, 0.1) is 41.4 Å². The molecular weight excluding hydrogens is 510 g/mol. The molecule has 2 N–H and O–H groups in total. The first-order chi connectivity index (χ1) is 17.9. The number of rotatable bonds is 7. The number of aromatic nitrogens is 4. The van der Waals surface area contributed by atoms with Gasteiger partial charge in [0, 0.05) is 54.1 Å². The predicted octanol–water partition coefficient (Wildman–Crippen LogP) is 2.97. The summed E-state index contributed by atoms with van der Waals surface area (Å²) in [6, 6.07) is 8.18. The molecule has 12 heteroatoms. The van der Waals surface area contributed by atoms with Gasteiger partial charge >= 0.3 is 0 Å². The molecule has 37 heavy (non-hydrogen) atoms. The minimum atomic E-state index is -3.21. The highest BCUT2D eigenvalue weighted by Crippen LogP contribution is 2.36. The van der Waals surface area contributed by atoms with Crippen molar-refractivity contribution in [1.29, 1.82) is 0 Å². The summed E-state index contributed by atoms with van der Waals surface area (Å²) < 4.78 is 32.7. The van der Waals surface area contributed by atoms with E-state index in [0.717, 1.165) is 63.3 Å². The number of sulfonamides is 1. The second-order valence-corrected chi connectivity index (χ2v) is 12.9. The predicted molar refractivity (Wildman–Crippen MR) is 146 cm³/mol. The van der Waals surface area contributed by atoms with Crippen molar-refractivity contribution in [3.05, 3.63) is 35.3 Å². The zero-order chi connectivity index (χ0) is 25.6. The minimum Gasteiger partial charge on any atom is -0.378 e. The average Bonchev–Trinajstić information content (AvgIpc) is 3.65. The fourth-order valence-electron chi connectivity index (χ4n) is 5.40. The summed E-state index contributed by atoms with van der Waals surface area (Å²) in [7, 11) is -3.21. The molecule has 0 aliphatic carbocycles. The third kappa shape index (κ3) is 4.84. The molecule has 2 aliphatic rings. The van der Waals surface area contributed by atoms with E-state index in [1.165, 1.54) is 6.26 Å². The van der Waals surface area contributed by atoms with E-state index in [1.54, 1.807) is 15.6 Å². The number of hydrogen-bond donors (Lipinski definition) is 2. The van der Waals surface area contributed by atoms with Crippen LogP contribution < -0.4 is 10.2 Å². The van der Waals surface area contributed by atoms with Crippen molar-refractivity contribution in [2.45, 2.75) is 38.4 Å². The van der Waals surface area contributed by atoms with Crippen LogP contribution in [0.15, 0.2) is 30.5 Å². The molecule has 196 valence electrons. The van der Waals surface area contributed by atoms with Crippen molar-refractivity contribution in [1.82, 2.24) is 29.8 Å². The van der Waals surface area contributed by atoms with Crippen LogP contribution in [-0.4, -0.2) is 84.1 Å². The second-order valence-electron chi connectivity index (χ2n) is 9.79. The first kappa shape index (κ1) is 24.7. The molecule has 6 rings (SSSR count). The monoisotopic (exact) mass is 541 g/mol. The van der Waals surface area contributed by atoms with Gasteiger partial charge in [-0.05, 0) is 31.9 Å². The summed E-state index contributed by atoms with van der Waals surface area (Å²) in [5, 5.41) is 11.8. The highest BCUT2D eigenvalue weighted by molar-refractivity contribution is 7.88. The maximum atomic E-state index is 12.2. The number of hydrogen-bond acceptors (Lipinski definition) is 9. The Morgan fingerprint density at radius 2 is 2.08 bits per heavy atom. The normalized spacial score (nSPS) is 20.3. The molecule has 0 saturated carbocycles. The fourth-order valence-corrected chi connectivity index (χ4v) is 7.70. The van der Waals surface area contributed by atoms with Crippen LogP contribution in [-0.2, 0) is 21.3 Å². The van der Waals surface area contributed by atoms with Crippen LogP contribution >= 0.6 is 11.3 Å². The summed E-state index contributed by atoms with van der Waals surface area (Å²) >= 11 is 1.70. The van der Waals surface area contributed by atoms with E-state index in [-0.39, 0.29) is 12.1 Å². The van der Waals surface area contributed by atoms with Gasteiger partial charge in [-0.15, -0.1) is 11.3 Å². The maximum Gasteiger partial charge on any atom is 0.211 e. The Morgan fingerprint density at radius 3 is 2.89 bits per heavy atom. The number of nitrogens with zero attached hydrogens (tertiary/aromatic N) is 5. The van der Waals surface area contributed by atoms with Crippen molar-refractivity contribution in [3.63, 3.8) is 0 Å². The minimum absolute atomic E-state index is 0.0184. The van der Waals surface area contributed by atoms with Crippen LogP contribution in [0, 0.1) is 0 Å². The van der Waals surface area contributed by atoms with Crippen LogP contribution in [0.2, 0.25) is 0 Å². The molecule has 0 bridgehead atoms. The Balaban J connectivity index is 1.33. The van der Waals surface area contributed by atoms with E-state index in [9.17, 15) is 8.42 Å². The third-order valence-corrected chi connectivity index (χ3v) is 9.72. The Kier molecular flexibility index (Phi) is 6.61. The van der Waals surface area contributed by atoms with Crippen molar-refractivity contribution in [3.8, 4) is 11.4 Å². The van der Waals surface area contributed by atoms with Gasteiger partial charge < -0.3 is 15.0 Å². The first-order valence-electron chi connectivity index (χ1n) is 12.6. The third-order valence-electron chi connectivity index (χ3n) is 7.29. The number of aromatic amines is 1. The van der Waals surface area contributed by atoms with Gasteiger partial charge in [0.15, 0.2) is 11.6 Å². The van der Waals surface area contributed by atoms with E-state index in [0.29, 0.717) is 32.1 Å². The summed E-state index contributed by atoms with van der Waals surface area (Å²) in [6.45, 7) is 6.24. The highest BCUT2D eigenvalue weighted by Gasteiger charge is 2.34. The van der Waals surface area contributed by atoms with Crippen LogP contribution in [0.5, 0.6) is 0 Å². The number of anilines is 1. The molecule has 2 saturated heterocycles. The Labute approximate surface area is 220 Å². The van der Waals surface area contributed by atoms with Crippen molar-refractivity contribution < 1.29 is 13.2 Å². The standard InChI is InChI=1S/C25H31N7O3S2/c1-16(22-7-4-8-32(22)37(2,33)34)26-14-17-13-21-23(36-17)25(31-9-11-35-12-10-31)29-24(28-21)18-5-3-6-20-19(18)15-27-30-20/h3,5-6,13,15-16,22,26H,4,7-12,14H2,1-2H3,(H,27,30). The van der Waals surface area contributed by atoms with Crippen LogP contribution in [0.3, 0.4) is 0 Å². The maximum absolute atomic E-state index is 12.2. The van der Waals surface area contributed by atoms with Gasteiger partial charge in [-0.25, -0.2) is 18.4 Å². The molecule has 10 nitrogen and oxygen atoms in total. The number of H-pyrrole nitrogens is 1. The number of morpholine rings is 1. The van der Waals surface area contributed by atoms with Gasteiger partial charge in [0.2, 0.25) is 10.0 Å². The van der Waals surface area contributed by atoms with Gasteiger partial charge in [-0.2, -0.15) is 9.40 Å². The van der Waals surface area contributed by atoms with Gasteiger partial charge in [0.1, 0.15) is 0 Å². The van der Waals surface area contributed by atoms with Crippen LogP contribution in [0.1, 0.15) is 24.6 Å². The van der Waals surface area contributed by atoms with Gasteiger partial charge in [0.25, 0.3) is 0 Å². The molecule has 3 aromatic heterocycles. The summed E-state index contributed by atoms with van der Waals surface area (Å²) in [5.41, 5.74) is 2.82. The SMILES string of the molecule is CC(NCc1cc2nc(-c3cccc4[nH]ncc34)nc(N3CCOCC3)c2s1)C1CCCN1S(C)(=O)=O.